The van der Waals surface area contributed by atoms with E-state index < -0.39 is 48.2 Å². The fourth-order valence-corrected chi connectivity index (χ4v) is 7.96. The Morgan fingerprint density at radius 2 is 1.92 bits per heavy atom. The number of likely N-dealkylation sites (tertiary alicyclic amines) is 1. The maximum Gasteiger partial charge on any atom is 0.410 e. The lowest BCUT2D eigenvalue weighted by Gasteiger charge is -2.32. The number of hydrogen-bond donors (Lipinski definition) is 0. The van der Waals surface area contributed by atoms with E-state index in [-0.39, 0.29) is 54.5 Å². The summed E-state index contributed by atoms with van der Waals surface area (Å²) in [5.74, 6) is -0.793. The van der Waals surface area contributed by atoms with Gasteiger partial charge in [0.05, 0.1) is 23.5 Å². The van der Waals surface area contributed by atoms with Crippen LogP contribution < -0.4 is 9.64 Å². The molecule has 3 aliphatic heterocycles. The number of ether oxygens (including phenoxy) is 2. The first kappa shape index (κ1) is 34.5. The third kappa shape index (κ3) is 6.61. The molecule has 3 fully saturated rings. The van der Waals surface area contributed by atoms with Gasteiger partial charge in [0.15, 0.2) is 5.82 Å². The zero-order valence-corrected chi connectivity index (χ0v) is 28.9. The summed E-state index contributed by atoms with van der Waals surface area (Å²) < 4.78 is 71.8. The molecule has 3 aliphatic rings. The van der Waals surface area contributed by atoms with Crippen molar-refractivity contribution >= 4 is 45.2 Å². The van der Waals surface area contributed by atoms with Crippen LogP contribution in [0.15, 0.2) is 42.6 Å². The lowest BCUT2D eigenvalue weighted by atomic mass is 9.95. The zero-order chi connectivity index (χ0) is 35.4. The predicted molar refractivity (Wildman–Crippen MR) is 183 cm³/mol. The van der Waals surface area contributed by atoms with E-state index in [2.05, 4.69) is 19.9 Å². The monoisotopic (exact) mass is 714 g/mol. The van der Waals surface area contributed by atoms with Gasteiger partial charge in [0.25, 0.3) is 6.43 Å². The summed E-state index contributed by atoms with van der Waals surface area (Å²) in [5, 5.41) is 1.90. The Hall–Kier alpha value is -3.97. The Morgan fingerprint density at radius 1 is 1.14 bits per heavy atom. The van der Waals surface area contributed by atoms with Crippen LogP contribution in [0.3, 0.4) is 0 Å². The number of anilines is 1. The summed E-state index contributed by atoms with van der Waals surface area (Å²) in [5.41, 5.74) is -1.06. The Balaban J connectivity index is 1.33. The van der Waals surface area contributed by atoms with Gasteiger partial charge in [-0.25, -0.2) is 22.4 Å². The molecule has 0 bridgehead atoms. The van der Waals surface area contributed by atoms with Gasteiger partial charge in [-0.15, -0.1) is 0 Å². The normalized spacial score (nSPS) is 22.5. The second-order valence-corrected chi connectivity index (χ2v) is 14.8. The lowest BCUT2D eigenvalue weighted by Crippen LogP contribution is -2.44. The van der Waals surface area contributed by atoms with Gasteiger partial charge in [-0.05, 0) is 58.0 Å². The molecule has 2 aromatic carbocycles. The molecule has 4 aromatic rings. The molecule has 2 aromatic heterocycles. The van der Waals surface area contributed by atoms with Crippen LogP contribution in [0.2, 0.25) is 5.02 Å². The maximum absolute atomic E-state index is 16.9. The minimum absolute atomic E-state index is 0.00538. The third-order valence-electron chi connectivity index (χ3n) is 9.85. The zero-order valence-electron chi connectivity index (χ0n) is 28.1. The average Bonchev–Trinajstić information content (AvgIpc) is 3.77. The van der Waals surface area contributed by atoms with Crippen LogP contribution in [0.4, 0.5) is 28.2 Å². The fraction of sp³-hybridized carbons (Fsp3) is 0.500. The van der Waals surface area contributed by atoms with Gasteiger partial charge in [-0.3, -0.25) is 9.88 Å². The predicted octanol–water partition coefficient (Wildman–Crippen LogP) is 7.67. The minimum Gasteiger partial charge on any atom is -0.461 e. The van der Waals surface area contributed by atoms with Crippen molar-refractivity contribution < 1.29 is 31.8 Å². The molecule has 50 heavy (non-hydrogen) atoms. The maximum atomic E-state index is 16.9. The number of rotatable bonds is 8. The Labute approximate surface area is 292 Å². The van der Waals surface area contributed by atoms with Gasteiger partial charge in [0.1, 0.15) is 35.4 Å². The molecule has 14 heteroatoms. The second kappa shape index (κ2) is 13.3. The van der Waals surface area contributed by atoms with Crippen molar-refractivity contribution in [3.63, 3.8) is 0 Å². The molecule has 7 rings (SSSR count). The van der Waals surface area contributed by atoms with Gasteiger partial charge in [-0.1, -0.05) is 41.9 Å². The van der Waals surface area contributed by atoms with E-state index in [0.29, 0.717) is 28.9 Å². The number of halogens is 5. The Bertz CT molecular complexity index is 1920. The molecular weight excluding hydrogens is 676 g/mol. The molecule has 0 aliphatic carbocycles. The summed E-state index contributed by atoms with van der Waals surface area (Å²) in [4.78, 5) is 31.4. The molecule has 5 heterocycles. The first-order valence-corrected chi connectivity index (χ1v) is 17.3. The number of benzene rings is 2. The molecule has 0 unspecified atom stereocenters. The van der Waals surface area contributed by atoms with Crippen molar-refractivity contribution in [2.75, 3.05) is 44.2 Å². The van der Waals surface area contributed by atoms with E-state index >= 15 is 4.39 Å². The number of aromatic nitrogens is 3. The molecule has 0 N–H and O–H groups in total. The fourth-order valence-electron chi connectivity index (χ4n) is 7.68. The van der Waals surface area contributed by atoms with Gasteiger partial charge in [-0.2, -0.15) is 9.97 Å². The van der Waals surface area contributed by atoms with Crippen LogP contribution in [-0.4, -0.2) is 100.0 Å². The van der Waals surface area contributed by atoms with E-state index in [0.717, 1.165) is 24.8 Å². The van der Waals surface area contributed by atoms with Crippen molar-refractivity contribution in [1.29, 1.82) is 0 Å². The highest BCUT2D eigenvalue weighted by atomic mass is 35.5. The topological polar surface area (TPSA) is 83.9 Å². The van der Waals surface area contributed by atoms with Crippen molar-refractivity contribution in [2.24, 2.45) is 0 Å². The van der Waals surface area contributed by atoms with Crippen molar-refractivity contribution in [2.45, 2.75) is 76.2 Å². The number of carbonyl (C=O) groups is 1. The smallest absolute Gasteiger partial charge is 0.410 e. The molecule has 266 valence electrons. The summed E-state index contributed by atoms with van der Waals surface area (Å²) in [6.45, 7) is 5.97. The van der Waals surface area contributed by atoms with E-state index in [1.807, 2.05) is 12.1 Å². The molecule has 1 amide bonds. The van der Waals surface area contributed by atoms with Crippen LogP contribution >= 0.6 is 11.6 Å². The van der Waals surface area contributed by atoms with Crippen LogP contribution in [0.25, 0.3) is 32.9 Å². The average molecular weight is 715 g/mol. The van der Waals surface area contributed by atoms with Crippen LogP contribution in [0.1, 0.15) is 46.5 Å². The molecule has 9 nitrogen and oxygen atoms in total. The number of nitrogens with zero attached hydrogens (tertiary/aromatic N) is 6. The van der Waals surface area contributed by atoms with Gasteiger partial charge >= 0.3 is 12.1 Å². The highest BCUT2D eigenvalue weighted by Gasteiger charge is 2.49. The van der Waals surface area contributed by atoms with E-state index in [1.54, 1.807) is 45.0 Å². The minimum atomic E-state index is -2.79. The van der Waals surface area contributed by atoms with Crippen molar-refractivity contribution in [3.8, 4) is 17.3 Å². The van der Waals surface area contributed by atoms with Gasteiger partial charge in [0.2, 0.25) is 0 Å². The number of carbonyl (C=O) groups excluding carboxylic acids is 1. The quantitative estimate of drug-likeness (QED) is 0.172. The Kier molecular flexibility index (Phi) is 9.17. The summed E-state index contributed by atoms with van der Waals surface area (Å²) in [6.07, 6.45) is -0.730. The molecule has 3 saturated heterocycles. The number of pyridine rings is 1. The third-order valence-corrected chi connectivity index (χ3v) is 10.2. The number of amides is 1. The number of fused-ring (bicyclic) bond motifs is 3. The SMILES string of the molecule is CC(C)(C)OC(=O)N1CC[C@@H](N(CC(F)F)c2nc(OC[C@@]34CCCN3C[C@H](F)C4)nc3c(F)c(-c4cccc5cccc(Cl)c45)ncc23)C1. The summed E-state index contributed by atoms with van der Waals surface area (Å²) in [6, 6.07) is 9.88. The van der Waals surface area contributed by atoms with E-state index in [1.165, 1.54) is 16.0 Å². The van der Waals surface area contributed by atoms with Gasteiger partial charge in [0, 0.05) is 48.2 Å². The van der Waals surface area contributed by atoms with Crippen LogP contribution in [0, 0.1) is 5.82 Å². The number of alkyl halides is 3. The largest absolute Gasteiger partial charge is 0.461 e. The first-order chi connectivity index (χ1) is 23.8. The highest BCUT2D eigenvalue weighted by molar-refractivity contribution is 6.36. The number of hydrogen-bond acceptors (Lipinski definition) is 8. The van der Waals surface area contributed by atoms with Crippen molar-refractivity contribution in [1.82, 2.24) is 24.8 Å². The molecular formula is C36H39ClF4N6O3. The molecule has 3 atom stereocenters. The molecule has 0 radical (unpaired) electrons. The summed E-state index contributed by atoms with van der Waals surface area (Å²) >= 11 is 6.58. The highest BCUT2D eigenvalue weighted by Crippen LogP contribution is 2.42. The van der Waals surface area contributed by atoms with Crippen molar-refractivity contribution in [3.05, 3.63) is 53.4 Å². The van der Waals surface area contributed by atoms with Crippen LogP contribution in [-0.2, 0) is 4.74 Å². The van der Waals surface area contributed by atoms with Gasteiger partial charge < -0.3 is 19.3 Å². The second-order valence-electron chi connectivity index (χ2n) is 14.4. The lowest BCUT2D eigenvalue weighted by molar-refractivity contribution is 0.0292. The molecule has 0 spiro atoms. The van der Waals surface area contributed by atoms with Crippen LogP contribution in [0.5, 0.6) is 6.01 Å². The summed E-state index contributed by atoms with van der Waals surface area (Å²) in [7, 11) is 0. The van der Waals surface area contributed by atoms with E-state index in [9.17, 15) is 18.0 Å². The standard InChI is InChI=1S/C36H39ClF4N6O3/c1-35(2,3)50-34(48)45-14-11-23(18-45)47(19-27(39)40)32-25-16-42-30(24-9-4-7-21-8-5-10-26(37)28(21)24)29(41)31(25)43-33(44-32)49-20-36-12-6-13-46(36)17-22(38)15-36/h4-5,7-10,16,22-23,27H,6,11-15,17-20H2,1-3H3/t22-,23-,36+/m1/s1. The van der Waals surface area contributed by atoms with E-state index in [4.69, 9.17) is 21.1 Å². The molecule has 0 saturated carbocycles. The Morgan fingerprint density at radius 3 is 2.68 bits per heavy atom. The first-order valence-electron chi connectivity index (χ1n) is 16.9.